The second-order valence-corrected chi connectivity index (χ2v) is 6.74. The van der Waals surface area contributed by atoms with Crippen LogP contribution in [0, 0.1) is 17.6 Å². The number of halogens is 3. The van der Waals surface area contributed by atoms with Crippen LogP contribution >= 0.6 is 12.4 Å². The van der Waals surface area contributed by atoms with Gasteiger partial charge < -0.3 is 9.94 Å². The Balaban J connectivity index is 0.00000300. The molecule has 8 heteroatoms. The van der Waals surface area contributed by atoms with Crippen molar-refractivity contribution in [3.05, 3.63) is 71.3 Å². The number of oxime groups is 1. The molecule has 0 spiro atoms. The zero-order valence-corrected chi connectivity index (χ0v) is 16.6. The van der Waals surface area contributed by atoms with E-state index in [1.165, 1.54) is 30.3 Å². The second-order valence-electron chi connectivity index (χ2n) is 6.74. The fraction of sp³-hybridized carbons (Fsp3) is 0.333. The Kier molecular flexibility index (Phi) is 8.54. The molecule has 1 heterocycles. The van der Waals surface area contributed by atoms with Gasteiger partial charge in [-0.25, -0.2) is 8.78 Å². The Labute approximate surface area is 174 Å². The Morgan fingerprint density at radius 3 is 2.59 bits per heavy atom. The SMILES string of the molecule is Cl.O=C(O)[C@@H]1CCCN(CCON=C(c2ccc(F)cc2)c2ccccc2F)C1. The largest absolute Gasteiger partial charge is 0.481 e. The molecule has 29 heavy (non-hydrogen) atoms. The van der Waals surface area contributed by atoms with Gasteiger partial charge in [0.1, 0.15) is 24.0 Å². The number of hydrogen-bond acceptors (Lipinski definition) is 4. The molecule has 0 aliphatic carbocycles. The minimum Gasteiger partial charge on any atom is -0.481 e. The third-order valence-corrected chi connectivity index (χ3v) is 4.76. The molecule has 0 unspecified atom stereocenters. The lowest BCUT2D eigenvalue weighted by atomic mass is 9.98. The number of piperidine rings is 1. The molecule has 0 aromatic heterocycles. The van der Waals surface area contributed by atoms with Crippen LogP contribution in [0.4, 0.5) is 8.78 Å². The summed E-state index contributed by atoms with van der Waals surface area (Å²) in [6.45, 7) is 2.07. The molecule has 0 saturated carbocycles. The Bertz CT molecular complexity index is 846. The van der Waals surface area contributed by atoms with E-state index in [-0.39, 0.29) is 36.2 Å². The van der Waals surface area contributed by atoms with E-state index in [9.17, 15) is 13.6 Å². The lowest BCUT2D eigenvalue weighted by Gasteiger charge is -2.29. The number of carboxylic acid groups (broad SMARTS) is 1. The number of carbonyl (C=O) groups is 1. The Morgan fingerprint density at radius 1 is 1.17 bits per heavy atom. The average Bonchev–Trinajstić information content (AvgIpc) is 2.70. The highest BCUT2D eigenvalue weighted by Crippen LogP contribution is 2.17. The number of nitrogens with zero attached hydrogens (tertiary/aromatic N) is 2. The standard InChI is InChI=1S/C21H22F2N2O3.ClH/c22-17-9-7-15(8-10-17)20(18-5-1-2-6-19(18)23)24-28-13-12-25-11-3-4-16(14-25)21(26)27;/h1-2,5-10,16H,3-4,11-14H2,(H,26,27);1H/t16-;/m1./s1. The minimum atomic E-state index is -0.776. The molecule has 3 rings (SSSR count). The first-order valence-corrected chi connectivity index (χ1v) is 9.20. The summed E-state index contributed by atoms with van der Waals surface area (Å²) < 4.78 is 27.5. The van der Waals surface area contributed by atoms with Gasteiger partial charge in [-0.3, -0.25) is 9.69 Å². The van der Waals surface area contributed by atoms with Gasteiger partial charge in [0, 0.05) is 24.2 Å². The van der Waals surface area contributed by atoms with Crippen molar-refractivity contribution in [3.63, 3.8) is 0 Å². The molecule has 1 saturated heterocycles. The summed E-state index contributed by atoms with van der Waals surface area (Å²) in [7, 11) is 0. The van der Waals surface area contributed by atoms with Crippen LogP contribution in [-0.4, -0.2) is 47.9 Å². The highest BCUT2D eigenvalue weighted by Gasteiger charge is 2.25. The van der Waals surface area contributed by atoms with Crippen molar-refractivity contribution in [1.82, 2.24) is 4.90 Å². The molecule has 1 fully saturated rings. The number of likely N-dealkylation sites (tertiary alicyclic amines) is 1. The van der Waals surface area contributed by atoms with Crippen molar-refractivity contribution >= 4 is 24.1 Å². The molecule has 0 amide bonds. The first kappa shape index (κ1) is 22.8. The molecule has 2 aromatic carbocycles. The smallest absolute Gasteiger partial charge is 0.307 e. The third kappa shape index (κ3) is 6.24. The predicted octanol–water partition coefficient (Wildman–Crippen LogP) is 3.95. The molecule has 1 atom stereocenters. The van der Waals surface area contributed by atoms with E-state index in [1.54, 1.807) is 18.2 Å². The van der Waals surface area contributed by atoms with Gasteiger partial charge in [-0.2, -0.15) is 0 Å². The van der Waals surface area contributed by atoms with Gasteiger partial charge in [0.05, 0.1) is 5.92 Å². The van der Waals surface area contributed by atoms with Crippen molar-refractivity contribution in [1.29, 1.82) is 0 Å². The van der Waals surface area contributed by atoms with Crippen molar-refractivity contribution in [2.45, 2.75) is 12.8 Å². The van der Waals surface area contributed by atoms with E-state index in [1.807, 2.05) is 4.90 Å². The topological polar surface area (TPSA) is 62.1 Å². The second kappa shape index (κ2) is 10.9. The number of rotatable bonds is 7. The number of carboxylic acids is 1. The molecule has 1 N–H and O–H groups in total. The van der Waals surface area contributed by atoms with E-state index < -0.39 is 17.6 Å². The summed E-state index contributed by atoms with van der Waals surface area (Å²) >= 11 is 0. The van der Waals surface area contributed by atoms with Gasteiger partial charge in [-0.15, -0.1) is 12.4 Å². The monoisotopic (exact) mass is 424 g/mol. The van der Waals surface area contributed by atoms with Gasteiger partial charge in [0.25, 0.3) is 0 Å². The van der Waals surface area contributed by atoms with E-state index in [0.717, 1.165) is 13.0 Å². The summed E-state index contributed by atoms with van der Waals surface area (Å²) in [5.74, 6) is -1.97. The highest BCUT2D eigenvalue weighted by molar-refractivity contribution is 6.12. The summed E-state index contributed by atoms with van der Waals surface area (Å²) in [4.78, 5) is 18.6. The lowest BCUT2D eigenvalue weighted by Crippen LogP contribution is -2.40. The first-order chi connectivity index (χ1) is 13.5. The van der Waals surface area contributed by atoms with Gasteiger partial charge in [0.15, 0.2) is 0 Å². The molecule has 0 radical (unpaired) electrons. The van der Waals surface area contributed by atoms with Crippen LogP contribution in [0.2, 0.25) is 0 Å². The van der Waals surface area contributed by atoms with Gasteiger partial charge in [-0.1, -0.05) is 17.3 Å². The van der Waals surface area contributed by atoms with Crippen LogP contribution in [0.1, 0.15) is 24.0 Å². The van der Waals surface area contributed by atoms with Crippen LogP contribution in [0.3, 0.4) is 0 Å². The van der Waals surface area contributed by atoms with Crippen LogP contribution in [0.25, 0.3) is 0 Å². The van der Waals surface area contributed by atoms with Crippen LogP contribution < -0.4 is 0 Å². The van der Waals surface area contributed by atoms with Gasteiger partial charge in [0.2, 0.25) is 0 Å². The van der Waals surface area contributed by atoms with Crippen molar-refractivity contribution in [2.75, 3.05) is 26.2 Å². The quantitative estimate of drug-likeness (QED) is 0.415. The summed E-state index contributed by atoms with van der Waals surface area (Å²) in [5, 5.41) is 13.3. The lowest BCUT2D eigenvalue weighted by molar-refractivity contribution is -0.143. The summed E-state index contributed by atoms with van der Waals surface area (Å²) in [5.41, 5.74) is 1.08. The summed E-state index contributed by atoms with van der Waals surface area (Å²) in [6, 6.07) is 11.8. The fourth-order valence-electron chi connectivity index (χ4n) is 3.26. The van der Waals surface area contributed by atoms with Crippen LogP contribution in [0.5, 0.6) is 0 Å². The third-order valence-electron chi connectivity index (χ3n) is 4.76. The molecule has 156 valence electrons. The Hall–Kier alpha value is -2.51. The van der Waals surface area contributed by atoms with E-state index in [4.69, 9.17) is 9.94 Å². The average molecular weight is 425 g/mol. The zero-order valence-electron chi connectivity index (χ0n) is 15.8. The number of hydrogen-bond donors (Lipinski definition) is 1. The van der Waals surface area contributed by atoms with Crippen molar-refractivity contribution in [3.8, 4) is 0 Å². The first-order valence-electron chi connectivity index (χ1n) is 9.20. The molecule has 1 aliphatic heterocycles. The molecular formula is C21H23ClF2N2O3. The maximum absolute atomic E-state index is 14.2. The highest BCUT2D eigenvalue weighted by atomic mass is 35.5. The number of aliphatic carboxylic acids is 1. The summed E-state index contributed by atoms with van der Waals surface area (Å²) in [6.07, 6.45) is 1.52. The van der Waals surface area contributed by atoms with E-state index in [0.29, 0.717) is 25.1 Å². The predicted molar refractivity (Wildman–Crippen MR) is 108 cm³/mol. The molecule has 5 nitrogen and oxygen atoms in total. The van der Waals surface area contributed by atoms with Gasteiger partial charge in [-0.05, 0) is 55.8 Å². The van der Waals surface area contributed by atoms with Crippen LogP contribution in [0.15, 0.2) is 53.7 Å². The van der Waals surface area contributed by atoms with Crippen molar-refractivity contribution in [2.24, 2.45) is 11.1 Å². The van der Waals surface area contributed by atoms with Crippen molar-refractivity contribution < 1.29 is 23.5 Å². The normalized spacial score (nSPS) is 17.4. The van der Waals surface area contributed by atoms with E-state index >= 15 is 0 Å². The van der Waals surface area contributed by atoms with Crippen LogP contribution in [-0.2, 0) is 9.63 Å². The molecular weight excluding hydrogens is 402 g/mol. The molecule has 2 aromatic rings. The zero-order chi connectivity index (χ0) is 19.9. The minimum absolute atomic E-state index is 0. The molecule has 1 aliphatic rings. The molecule has 0 bridgehead atoms. The van der Waals surface area contributed by atoms with E-state index in [2.05, 4.69) is 5.16 Å². The fourth-order valence-corrected chi connectivity index (χ4v) is 3.26. The van der Waals surface area contributed by atoms with Gasteiger partial charge >= 0.3 is 5.97 Å². The number of benzene rings is 2. The Morgan fingerprint density at radius 2 is 1.90 bits per heavy atom. The maximum Gasteiger partial charge on any atom is 0.307 e. The maximum atomic E-state index is 14.2.